The molecule has 0 unspecified atom stereocenters. The number of halogens is 1. The molecule has 0 saturated carbocycles. The number of furan rings is 1. The molecule has 6 rings (SSSR count). The van der Waals surface area contributed by atoms with E-state index in [1.165, 1.54) is 0 Å². The molecule has 0 bridgehead atoms. The lowest BCUT2D eigenvalue weighted by molar-refractivity contribution is 0.146. The monoisotopic (exact) mass is 597 g/mol. The SMILES string of the molecule is Cc1oc2ccccc2c1OC(=O)N(Cc1ccccc1)Cc1ccc2c(Br)c(OCc3nn[nH]n3)ccc2c1. The van der Waals surface area contributed by atoms with Crippen LogP contribution >= 0.6 is 15.9 Å². The summed E-state index contributed by atoms with van der Waals surface area (Å²) in [4.78, 5) is 15.3. The second-order valence-corrected chi connectivity index (χ2v) is 10.0. The zero-order valence-electron chi connectivity index (χ0n) is 21.5. The number of ether oxygens (including phenoxy) is 2. The van der Waals surface area contributed by atoms with Crippen molar-refractivity contribution in [2.24, 2.45) is 0 Å². The van der Waals surface area contributed by atoms with Crippen LogP contribution in [0.2, 0.25) is 0 Å². The number of aromatic amines is 1. The fourth-order valence-electron chi connectivity index (χ4n) is 4.55. The van der Waals surface area contributed by atoms with Gasteiger partial charge in [-0.1, -0.05) is 65.9 Å². The van der Waals surface area contributed by atoms with E-state index in [4.69, 9.17) is 13.9 Å². The van der Waals surface area contributed by atoms with Crippen molar-refractivity contribution in [2.75, 3.05) is 0 Å². The molecule has 0 fully saturated rings. The first-order chi connectivity index (χ1) is 19.5. The minimum atomic E-state index is -0.454. The van der Waals surface area contributed by atoms with Crippen LogP contribution in [-0.4, -0.2) is 31.6 Å². The summed E-state index contributed by atoms with van der Waals surface area (Å²) in [6.07, 6.45) is -0.454. The van der Waals surface area contributed by atoms with Crippen LogP contribution in [-0.2, 0) is 19.7 Å². The summed E-state index contributed by atoms with van der Waals surface area (Å²) in [5.74, 6) is 2.13. The number of nitrogens with zero attached hydrogens (tertiary/aromatic N) is 4. The molecule has 0 aliphatic carbocycles. The number of aryl methyl sites for hydroxylation is 1. The largest absolute Gasteiger partial charge is 0.484 e. The average Bonchev–Trinajstić information content (AvgIpc) is 3.60. The van der Waals surface area contributed by atoms with Gasteiger partial charge in [0.1, 0.15) is 17.1 Å². The van der Waals surface area contributed by atoms with Crippen LogP contribution in [0, 0.1) is 6.92 Å². The second kappa shape index (κ2) is 11.2. The van der Waals surface area contributed by atoms with Gasteiger partial charge in [-0.05, 0) is 69.0 Å². The number of nitrogens with one attached hydrogen (secondary N) is 1. The Hall–Kier alpha value is -4.70. The van der Waals surface area contributed by atoms with Gasteiger partial charge in [-0.2, -0.15) is 5.21 Å². The molecular weight excluding hydrogens is 574 g/mol. The molecule has 4 aromatic carbocycles. The van der Waals surface area contributed by atoms with Crippen LogP contribution in [0.15, 0.2) is 93.8 Å². The van der Waals surface area contributed by atoms with Crippen LogP contribution in [0.4, 0.5) is 4.79 Å². The van der Waals surface area contributed by atoms with Crippen molar-refractivity contribution in [3.8, 4) is 11.5 Å². The Bertz CT molecular complexity index is 1790. The Labute approximate surface area is 237 Å². The smallest absolute Gasteiger partial charge is 0.415 e. The quantitative estimate of drug-likeness (QED) is 0.202. The molecule has 200 valence electrons. The minimum absolute atomic E-state index is 0.195. The summed E-state index contributed by atoms with van der Waals surface area (Å²) < 4.78 is 18.4. The molecule has 0 spiro atoms. The van der Waals surface area contributed by atoms with Crippen LogP contribution in [0.1, 0.15) is 22.7 Å². The summed E-state index contributed by atoms with van der Waals surface area (Å²) in [7, 11) is 0. The van der Waals surface area contributed by atoms with E-state index < -0.39 is 6.09 Å². The van der Waals surface area contributed by atoms with E-state index in [1.807, 2.05) is 78.9 Å². The molecule has 40 heavy (non-hydrogen) atoms. The third-order valence-corrected chi connectivity index (χ3v) is 7.30. The van der Waals surface area contributed by atoms with E-state index in [1.54, 1.807) is 11.8 Å². The number of hydrogen-bond acceptors (Lipinski definition) is 7. The Kier molecular flexibility index (Phi) is 7.15. The normalized spacial score (nSPS) is 11.2. The average molecular weight is 598 g/mol. The summed E-state index contributed by atoms with van der Waals surface area (Å²) in [5.41, 5.74) is 2.64. The molecule has 2 heterocycles. The lowest BCUT2D eigenvalue weighted by atomic mass is 10.1. The molecule has 0 atom stereocenters. The molecule has 0 aliphatic heterocycles. The maximum Gasteiger partial charge on any atom is 0.415 e. The molecule has 0 saturated heterocycles. The highest BCUT2D eigenvalue weighted by Gasteiger charge is 2.22. The summed E-state index contributed by atoms with van der Waals surface area (Å²) in [6.45, 7) is 2.73. The molecular formula is C30H24BrN5O4. The van der Waals surface area contributed by atoms with Gasteiger partial charge in [0, 0.05) is 13.1 Å². The number of carbonyl (C=O) groups excluding carboxylic acids is 1. The van der Waals surface area contributed by atoms with Gasteiger partial charge < -0.3 is 13.9 Å². The number of benzene rings is 4. The van der Waals surface area contributed by atoms with Crippen LogP contribution in [0.3, 0.4) is 0 Å². The number of carbonyl (C=O) groups is 1. The fourth-order valence-corrected chi connectivity index (χ4v) is 5.16. The van der Waals surface area contributed by atoms with Gasteiger partial charge in [0.2, 0.25) is 5.82 Å². The first kappa shape index (κ1) is 25.6. The van der Waals surface area contributed by atoms with Gasteiger partial charge >= 0.3 is 6.09 Å². The maximum atomic E-state index is 13.6. The maximum absolute atomic E-state index is 13.6. The van der Waals surface area contributed by atoms with Crippen LogP contribution in [0.25, 0.3) is 21.7 Å². The Morgan fingerprint density at radius 1 is 0.950 bits per heavy atom. The molecule has 6 aromatic rings. The minimum Gasteiger partial charge on any atom is -0.484 e. The van der Waals surface area contributed by atoms with Crippen LogP contribution < -0.4 is 9.47 Å². The molecule has 1 N–H and O–H groups in total. The number of rotatable bonds is 8. The standard InChI is InChI=1S/C30H24BrN5O4/c1-19-29(24-9-5-6-10-25(24)39-19)40-30(37)36(16-20-7-3-2-4-8-20)17-21-11-13-23-22(15-21)12-14-26(28(23)31)38-18-27-32-34-35-33-27/h2-15H,16-18H2,1H3,(H,32,33,34,35). The van der Waals surface area contributed by atoms with E-state index in [0.29, 0.717) is 41.8 Å². The van der Waals surface area contributed by atoms with E-state index in [9.17, 15) is 4.79 Å². The topological polar surface area (TPSA) is 106 Å². The van der Waals surface area contributed by atoms with E-state index in [-0.39, 0.29) is 6.61 Å². The van der Waals surface area contributed by atoms with Crippen molar-refractivity contribution in [3.63, 3.8) is 0 Å². The van der Waals surface area contributed by atoms with Gasteiger partial charge in [0.25, 0.3) is 0 Å². The number of aromatic nitrogens is 4. The molecule has 0 aliphatic rings. The number of H-pyrrole nitrogens is 1. The van der Waals surface area contributed by atoms with Gasteiger partial charge in [0.15, 0.2) is 12.4 Å². The Morgan fingerprint density at radius 3 is 2.58 bits per heavy atom. The number of amides is 1. The van der Waals surface area contributed by atoms with E-state index in [2.05, 4.69) is 42.6 Å². The van der Waals surface area contributed by atoms with Gasteiger partial charge in [-0.15, -0.1) is 10.2 Å². The van der Waals surface area contributed by atoms with E-state index in [0.717, 1.165) is 31.8 Å². The van der Waals surface area contributed by atoms with Gasteiger partial charge in [0.05, 0.1) is 9.86 Å². The molecule has 10 heteroatoms. The number of para-hydroxylation sites is 1. The van der Waals surface area contributed by atoms with Gasteiger partial charge in [-0.25, -0.2) is 4.79 Å². The Balaban J connectivity index is 1.26. The fraction of sp³-hybridized carbons (Fsp3) is 0.133. The van der Waals surface area contributed by atoms with Crippen molar-refractivity contribution in [2.45, 2.75) is 26.6 Å². The first-order valence-corrected chi connectivity index (χ1v) is 13.4. The zero-order chi connectivity index (χ0) is 27.5. The highest BCUT2D eigenvalue weighted by Crippen LogP contribution is 2.35. The summed E-state index contributed by atoms with van der Waals surface area (Å²) in [5, 5.41) is 16.5. The Morgan fingerprint density at radius 2 is 1.75 bits per heavy atom. The van der Waals surface area contributed by atoms with Crippen molar-refractivity contribution in [3.05, 3.63) is 112 Å². The summed E-state index contributed by atoms with van der Waals surface area (Å²) >= 11 is 3.67. The van der Waals surface area contributed by atoms with Crippen molar-refractivity contribution >= 4 is 43.8 Å². The highest BCUT2D eigenvalue weighted by atomic mass is 79.9. The second-order valence-electron chi connectivity index (χ2n) is 9.24. The molecule has 9 nitrogen and oxygen atoms in total. The zero-order valence-corrected chi connectivity index (χ0v) is 23.1. The number of tetrazole rings is 1. The van der Waals surface area contributed by atoms with Crippen molar-refractivity contribution in [1.82, 2.24) is 25.5 Å². The lowest BCUT2D eigenvalue weighted by Crippen LogP contribution is -2.32. The third kappa shape index (κ3) is 5.39. The van der Waals surface area contributed by atoms with E-state index >= 15 is 0 Å². The predicted octanol–water partition coefficient (Wildman–Crippen LogP) is 6.95. The van der Waals surface area contributed by atoms with Crippen molar-refractivity contribution < 1.29 is 18.7 Å². The van der Waals surface area contributed by atoms with Gasteiger partial charge in [-0.3, -0.25) is 4.90 Å². The number of hydrogen-bond donors (Lipinski definition) is 1. The molecule has 2 aromatic heterocycles. The molecule has 0 radical (unpaired) electrons. The highest BCUT2D eigenvalue weighted by molar-refractivity contribution is 9.10. The lowest BCUT2D eigenvalue weighted by Gasteiger charge is -2.22. The number of fused-ring (bicyclic) bond motifs is 2. The van der Waals surface area contributed by atoms with Crippen molar-refractivity contribution in [1.29, 1.82) is 0 Å². The third-order valence-electron chi connectivity index (χ3n) is 6.48. The first-order valence-electron chi connectivity index (χ1n) is 12.6. The predicted molar refractivity (Wildman–Crippen MR) is 153 cm³/mol. The summed E-state index contributed by atoms with van der Waals surface area (Å²) in [6, 6.07) is 27.3. The van der Waals surface area contributed by atoms with Crippen LogP contribution in [0.5, 0.6) is 11.5 Å². The molecule has 1 amide bonds.